The Morgan fingerprint density at radius 2 is 1.33 bits per heavy atom. The van der Waals surface area contributed by atoms with Gasteiger partial charge in [0.15, 0.2) is 0 Å². The molecule has 3 heteroatoms. The summed E-state index contributed by atoms with van der Waals surface area (Å²) in [6.45, 7) is 0. The van der Waals surface area contributed by atoms with E-state index in [1.807, 2.05) is 16.9 Å². The molecule has 3 nitrogen and oxygen atoms in total. The van der Waals surface area contributed by atoms with Crippen LogP contribution < -0.4 is 0 Å². The highest BCUT2D eigenvalue weighted by atomic mass is 15.4. The summed E-state index contributed by atoms with van der Waals surface area (Å²) in [5, 5.41) is 8.66. The lowest BCUT2D eigenvalue weighted by Gasteiger charge is -2.15. The topological polar surface area (TPSA) is 30.7 Å². The van der Waals surface area contributed by atoms with Gasteiger partial charge in [-0.2, -0.15) is 0 Å². The average molecular weight is 351 g/mol. The highest BCUT2D eigenvalue weighted by Crippen LogP contribution is 2.26. The second-order valence-corrected chi connectivity index (χ2v) is 7.18. The van der Waals surface area contributed by atoms with Gasteiger partial charge in [0.05, 0.1) is 17.6 Å². The predicted molar refractivity (Wildman–Crippen MR) is 108 cm³/mol. The first-order valence-corrected chi connectivity index (χ1v) is 9.53. The lowest BCUT2D eigenvalue weighted by molar-refractivity contribution is 0.788. The quantitative estimate of drug-likeness (QED) is 0.518. The van der Waals surface area contributed by atoms with Crippen molar-refractivity contribution in [3.8, 4) is 16.9 Å². The number of nitrogens with zero attached hydrogens (tertiary/aromatic N) is 3. The van der Waals surface area contributed by atoms with Crippen molar-refractivity contribution in [2.24, 2.45) is 0 Å². The molecule has 1 heterocycles. The third-order valence-electron chi connectivity index (χ3n) is 5.41. The molecule has 27 heavy (non-hydrogen) atoms. The zero-order valence-electron chi connectivity index (χ0n) is 15.2. The molecular formula is C24H21N3. The van der Waals surface area contributed by atoms with Crippen molar-refractivity contribution in [3.63, 3.8) is 0 Å². The van der Waals surface area contributed by atoms with Crippen molar-refractivity contribution >= 4 is 0 Å². The molecular weight excluding hydrogens is 330 g/mol. The normalized spacial score (nSPS) is 13.3. The lowest BCUT2D eigenvalue weighted by Crippen LogP contribution is -2.07. The van der Waals surface area contributed by atoms with E-state index in [0.717, 1.165) is 42.6 Å². The fourth-order valence-corrected chi connectivity index (χ4v) is 3.83. The van der Waals surface area contributed by atoms with E-state index >= 15 is 0 Å². The molecule has 4 aromatic rings. The Kier molecular flexibility index (Phi) is 4.06. The van der Waals surface area contributed by atoms with E-state index in [4.69, 9.17) is 0 Å². The van der Waals surface area contributed by atoms with Crippen LogP contribution in [0.3, 0.4) is 0 Å². The van der Waals surface area contributed by atoms with Gasteiger partial charge in [-0.1, -0.05) is 71.9 Å². The summed E-state index contributed by atoms with van der Waals surface area (Å²) in [7, 11) is 0. The zero-order chi connectivity index (χ0) is 18.1. The van der Waals surface area contributed by atoms with Gasteiger partial charge < -0.3 is 0 Å². The number of benzene rings is 3. The van der Waals surface area contributed by atoms with Crippen LogP contribution in [0.5, 0.6) is 0 Å². The largest absolute Gasteiger partial charge is 0.213 e. The van der Waals surface area contributed by atoms with Crippen molar-refractivity contribution in [1.82, 2.24) is 15.0 Å². The Hall–Kier alpha value is -3.20. The molecule has 0 unspecified atom stereocenters. The van der Waals surface area contributed by atoms with E-state index in [1.165, 1.54) is 22.3 Å². The molecule has 0 spiro atoms. The molecule has 0 aliphatic heterocycles. The Bertz CT molecular complexity index is 1060. The van der Waals surface area contributed by atoms with Gasteiger partial charge in [0.2, 0.25) is 0 Å². The summed E-state index contributed by atoms with van der Waals surface area (Å²) in [4.78, 5) is 0. The van der Waals surface area contributed by atoms with Crippen molar-refractivity contribution in [2.45, 2.75) is 25.7 Å². The van der Waals surface area contributed by atoms with Gasteiger partial charge in [0.1, 0.15) is 0 Å². The lowest BCUT2D eigenvalue weighted by atomic mass is 9.95. The highest BCUT2D eigenvalue weighted by Gasteiger charge is 2.14. The molecule has 1 aromatic heterocycles. The minimum atomic E-state index is 0.989. The SMILES string of the molecule is c1ccc(-c2cnnn2-c2cc3ccc2CCc2ccc(cc2)CC3)cc1. The molecule has 0 saturated heterocycles. The van der Waals surface area contributed by atoms with Crippen LogP contribution >= 0.6 is 0 Å². The monoisotopic (exact) mass is 351 g/mol. The van der Waals surface area contributed by atoms with Gasteiger partial charge in [0.25, 0.3) is 0 Å². The maximum atomic E-state index is 4.44. The molecule has 0 N–H and O–H groups in total. The van der Waals surface area contributed by atoms with Crippen molar-refractivity contribution in [1.29, 1.82) is 0 Å². The molecule has 0 fully saturated rings. The van der Waals surface area contributed by atoms with Crippen LogP contribution in [0, 0.1) is 0 Å². The van der Waals surface area contributed by atoms with Crippen LogP contribution in [0.1, 0.15) is 22.3 Å². The summed E-state index contributed by atoms with van der Waals surface area (Å²) in [5.41, 5.74) is 8.75. The van der Waals surface area contributed by atoms with E-state index in [0.29, 0.717) is 0 Å². The standard InChI is InChI=1S/C24H21N3/c1-2-4-21(5-3-1)24-17-25-26-27(24)23-16-20-11-10-18-6-8-19(9-7-18)12-14-22(23)15-13-20/h1-9,13,15-17H,10-12,14H2. The summed E-state index contributed by atoms with van der Waals surface area (Å²) < 4.78 is 2.00. The molecule has 4 bridgehead atoms. The fraction of sp³-hybridized carbons (Fsp3) is 0.167. The van der Waals surface area contributed by atoms with Crippen molar-refractivity contribution in [2.75, 3.05) is 0 Å². The molecule has 8 rings (SSSR count). The minimum Gasteiger partial charge on any atom is -0.213 e. The molecule has 3 aromatic carbocycles. The van der Waals surface area contributed by atoms with E-state index < -0.39 is 0 Å². The summed E-state index contributed by atoms with van der Waals surface area (Å²) in [6, 6.07) is 26.3. The van der Waals surface area contributed by atoms with E-state index in [-0.39, 0.29) is 0 Å². The second kappa shape index (κ2) is 6.84. The molecule has 0 amide bonds. The van der Waals surface area contributed by atoms with Gasteiger partial charge in [-0.25, -0.2) is 4.68 Å². The second-order valence-electron chi connectivity index (χ2n) is 7.18. The number of aryl methyl sites for hydroxylation is 4. The molecule has 0 atom stereocenters. The first kappa shape index (κ1) is 16.0. The fourth-order valence-electron chi connectivity index (χ4n) is 3.83. The number of aromatic nitrogens is 3. The third kappa shape index (κ3) is 3.17. The Morgan fingerprint density at radius 1 is 0.667 bits per heavy atom. The predicted octanol–water partition coefficient (Wildman–Crippen LogP) is 4.82. The Balaban J connectivity index is 1.61. The smallest absolute Gasteiger partial charge is 0.0944 e. The van der Waals surface area contributed by atoms with Crippen LogP contribution in [-0.2, 0) is 25.7 Å². The van der Waals surface area contributed by atoms with Crippen LogP contribution in [0.15, 0.2) is 79.0 Å². The van der Waals surface area contributed by atoms with Crippen LogP contribution in [0.4, 0.5) is 0 Å². The van der Waals surface area contributed by atoms with Crippen LogP contribution in [0.25, 0.3) is 16.9 Å². The van der Waals surface area contributed by atoms with Gasteiger partial charge in [0, 0.05) is 5.56 Å². The summed E-state index contributed by atoms with van der Waals surface area (Å²) in [5.74, 6) is 0. The number of hydrogen-bond acceptors (Lipinski definition) is 2. The molecule has 4 aliphatic rings. The van der Waals surface area contributed by atoms with Crippen LogP contribution in [-0.4, -0.2) is 15.0 Å². The van der Waals surface area contributed by atoms with Crippen molar-refractivity contribution in [3.05, 3.63) is 101 Å². The third-order valence-corrected chi connectivity index (χ3v) is 5.41. The van der Waals surface area contributed by atoms with Crippen molar-refractivity contribution < 1.29 is 0 Å². The maximum absolute atomic E-state index is 4.44. The summed E-state index contributed by atoms with van der Waals surface area (Å²) in [6.07, 6.45) is 5.96. The number of hydrogen-bond donors (Lipinski definition) is 0. The maximum Gasteiger partial charge on any atom is 0.0944 e. The van der Waals surface area contributed by atoms with Gasteiger partial charge >= 0.3 is 0 Å². The molecule has 132 valence electrons. The van der Waals surface area contributed by atoms with Gasteiger partial charge in [-0.3, -0.25) is 0 Å². The molecule has 4 aliphatic carbocycles. The molecule has 0 saturated carbocycles. The van der Waals surface area contributed by atoms with E-state index in [2.05, 4.69) is 77.0 Å². The highest BCUT2D eigenvalue weighted by molar-refractivity contribution is 5.62. The van der Waals surface area contributed by atoms with E-state index in [1.54, 1.807) is 0 Å². The Morgan fingerprint density at radius 3 is 2.11 bits per heavy atom. The zero-order valence-corrected chi connectivity index (χ0v) is 15.2. The first-order chi connectivity index (χ1) is 13.4. The summed E-state index contributed by atoms with van der Waals surface area (Å²) >= 11 is 0. The van der Waals surface area contributed by atoms with Gasteiger partial charge in [-0.15, -0.1) is 5.10 Å². The van der Waals surface area contributed by atoms with Gasteiger partial charge in [-0.05, 0) is 54.0 Å². The average Bonchev–Trinajstić information content (AvgIpc) is 3.20. The number of rotatable bonds is 2. The minimum absolute atomic E-state index is 0.989. The van der Waals surface area contributed by atoms with Crippen LogP contribution in [0.2, 0.25) is 0 Å². The first-order valence-electron chi connectivity index (χ1n) is 9.53. The Labute approximate surface area is 159 Å². The molecule has 0 radical (unpaired) electrons. The van der Waals surface area contributed by atoms with E-state index in [9.17, 15) is 0 Å².